The SMILES string of the molecule is COc1ccc2c(=O)c3c(n(C)c2c1OC)OC(C)(C)[C@H]1[C@@H]3C[C@]2(C)C[C@H]1c1c(c3ccc(OC)c(OC)c3n(C)c1=O)O2. The number of benzene rings is 2. The summed E-state index contributed by atoms with van der Waals surface area (Å²) in [5, 5.41) is 1.31. The quantitative estimate of drug-likeness (QED) is 0.321. The van der Waals surface area contributed by atoms with Gasteiger partial charge in [-0.2, -0.15) is 0 Å². The topological polar surface area (TPSA) is 99.4 Å². The number of hydrogen-bond donors (Lipinski definition) is 0. The van der Waals surface area contributed by atoms with E-state index in [4.69, 9.17) is 28.4 Å². The summed E-state index contributed by atoms with van der Waals surface area (Å²) < 4.78 is 39.8. The highest BCUT2D eigenvalue weighted by molar-refractivity contribution is 5.94. The number of hydrogen-bond acceptors (Lipinski definition) is 8. The van der Waals surface area contributed by atoms with Crippen LogP contribution in [-0.4, -0.2) is 48.8 Å². The van der Waals surface area contributed by atoms with Gasteiger partial charge in [-0.05, 0) is 57.9 Å². The van der Waals surface area contributed by atoms with E-state index >= 15 is 0 Å². The smallest absolute Gasteiger partial charge is 0.258 e. The minimum atomic E-state index is -0.722. The Morgan fingerprint density at radius 3 is 1.84 bits per heavy atom. The van der Waals surface area contributed by atoms with Crippen LogP contribution in [0.2, 0.25) is 0 Å². The van der Waals surface area contributed by atoms with Gasteiger partial charge in [-0.3, -0.25) is 9.59 Å². The second-order valence-electron chi connectivity index (χ2n) is 13.0. The fourth-order valence-electron chi connectivity index (χ4n) is 8.52. The van der Waals surface area contributed by atoms with Crippen LogP contribution in [0.5, 0.6) is 34.6 Å². The van der Waals surface area contributed by atoms with Crippen molar-refractivity contribution in [2.45, 2.75) is 56.7 Å². The maximum absolute atomic E-state index is 14.4. The Morgan fingerprint density at radius 1 is 0.727 bits per heavy atom. The number of fused-ring (bicyclic) bond motifs is 11. The van der Waals surface area contributed by atoms with E-state index in [1.807, 2.05) is 23.7 Å². The van der Waals surface area contributed by atoms with Crippen molar-refractivity contribution in [2.75, 3.05) is 28.4 Å². The molecule has 4 aromatic rings. The van der Waals surface area contributed by atoms with Crippen LogP contribution >= 0.6 is 0 Å². The van der Waals surface area contributed by atoms with E-state index in [9.17, 15) is 9.59 Å². The lowest BCUT2D eigenvalue weighted by Crippen LogP contribution is -2.58. The molecule has 3 aliphatic rings. The molecule has 0 saturated heterocycles. The molecule has 10 nitrogen and oxygen atoms in total. The standard InChI is InChI=1S/C34H38N2O8/c1-33(2)24-18(22-27(37)16-10-12-20(39-6)29(41-8)25(16)36(5)32(22)44-33)14-34(3)15-19(24)23-28(43-34)17-11-13-21(40-7)30(42-9)26(17)35(4)31(23)38/h10-13,18-19,24H,14-15H2,1-9H3/t18-,19+,24+,34-/m1/s1. The van der Waals surface area contributed by atoms with E-state index in [1.54, 1.807) is 52.2 Å². The third-order valence-electron chi connectivity index (χ3n) is 10.2. The summed E-state index contributed by atoms with van der Waals surface area (Å²) in [6, 6.07) is 7.31. The number of rotatable bonds is 4. The molecule has 44 heavy (non-hydrogen) atoms. The lowest BCUT2D eigenvalue weighted by molar-refractivity contribution is -0.0833. The van der Waals surface area contributed by atoms with Crippen LogP contribution in [0.4, 0.5) is 0 Å². The Balaban J connectivity index is 1.51. The molecule has 0 amide bonds. The van der Waals surface area contributed by atoms with Gasteiger partial charge in [0.2, 0.25) is 5.88 Å². The predicted octanol–water partition coefficient (Wildman–Crippen LogP) is 5.02. The third kappa shape index (κ3) is 3.53. The predicted molar refractivity (Wildman–Crippen MR) is 167 cm³/mol. The van der Waals surface area contributed by atoms with Gasteiger partial charge < -0.3 is 37.6 Å². The molecule has 2 aromatic heterocycles. The number of aryl methyl sites for hydroxylation is 2. The Morgan fingerprint density at radius 2 is 1.27 bits per heavy atom. The zero-order valence-electron chi connectivity index (χ0n) is 26.6. The summed E-state index contributed by atoms with van der Waals surface area (Å²) in [6.07, 6.45) is 1.22. The summed E-state index contributed by atoms with van der Waals surface area (Å²) >= 11 is 0. The molecule has 2 aliphatic heterocycles. The van der Waals surface area contributed by atoms with Gasteiger partial charge >= 0.3 is 0 Å². The summed E-state index contributed by atoms with van der Waals surface area (Å²) in [7, 11) is 9.92. The fraction of sp³-hybridized carbons (Fsp3) is 0.471. The Kier molecular flexibility index (Phi) is 6.03. The maximum Gasteiger partial charge on any atom is 0.258 e. The van der Waals surface area contributed by atoms with E-state index < -0.39 is 11.2 Å². The van der Waals surface area contributed by atoms with Crippen LogP contribution in [0.1, 0.15) is 56.6 Å². The van der Waals surface area contributed by atoms with Crippen molar-refractivity contribution in [3.05, 3.63) is 56.0 Å². The van der Waals surface area contributed by atoms with Gasteiger partial charge in [-0.15, -0.1) is 0 Å². The molecule has 4 atom stereocenters. The first-order valence-electron chi connectivity index (χ1n) is 14.8. The number of ether oxygens (including phenoxy) is 6. The Hall–Kier alpha value is -4.34. The highest BCUT2D eigenvalue weighted by Gasteiger charge is 2.59. The van der Waals surface area contributed by atoms with Crippen LogP contribution < -0.4 is 39.4 Å². The van der Waals surface area contributed by atoms with Gasteiger partial charge in [0.25, 0.3) is 5.56 Å². The first kappa shape index (κ1) is 28.4. The molecule has 0 spiro atoms. The van der Waals surface area contributed by atoms with Crippen molar-refractivity contribution in [1.82, 2.24) is 9.13 Å². The van der Waals surface area contributed by atoms with Gasteiger partial charge in [-0.25, -0.2) is 0 Å². The van der Waals surface area contributed by atoms with Gasteiger partial charge in [0, 0.05) is 37.2 Å². The minimum absolute atomic E-state index is 0.105. The molecular weight excluding hydrogens is 564 g/mol. The number of pyridine rings is 2. The fourth-order valence-corrected chi connectivity index (χ4v) is 8.52. The zero-order chi connectivity index (χ0) is 31.5. The maximum atomic E-state index is 14.4. The molecule has 0 N–H and O–H groups in total. The van der Waals surface area contributed by atoms with Gasteiger partial charge in [0.15, 0.2) is 28.4 Å². The second kappa shape index (κ2) is 9.33. The average Bonchev–Trinajstić information content (AvgIpc) is 2.99. The zero-order valence-corrected chi connectivity index (χ0v) is 26.6. The monoisotopic (exact) mass is 602 g/mol. The first-order valence-corrected chi connectivity index (χ1v) is 14.8. The van der Waals surface area contributed by atoms with E-state index in [2.05, 4.69) is 20.8 Å². The van der Waals surface area contributed by atoms with Crippen molar-refractivity contribution in [2.24, 2.45) is 20.0 Å². The van der Waals surface area contributed by atoms with Crippen molar-refractivity contribution < 1.29 is 28.4 Å². The Bertz CT molecular complexity index is 1980. The van der Waals surface area contributed by atoms with Gasteiger partial charge in [0.05, 0.1) is 45.0 Å². The molecule has 0 unspecified atom stereocenters. The van der Waals surface area contributed by atoms with Crippen molar-refractivity contribution in [1.29, 1.82) is 0 Å². The Labute approximate surface area is 255 Å². The molecule has 4 heterocycles. The minimum Gasteiger partial charge on any atom is -0.493 e. The summed E-state index contributed by atoms with van der Waals surface area (Å²) in [5.41, 5.74) is 0.839. The largest absolute Gasteiger partial charge is 0.493 e. The van der Waals surface area contributed by atoms with Crippen LogP contribution in [-0.2, 0) is 14.1 Å². The molecule has 1 fully saturated rings. The molecule has 1 aliphatic carbocycles. The summed E-state index contributed by atoms with van der Waals surface area (Å²) in [4.78, 5) is 28.7. The lowest BCUT2D eigenvalue weighted by Gasteiger charge is -2.57. The summed E-state index contributed by atoms with van der Waals surface area (Å²) in [5.74, 6) is 2.51. The molecule has 2 aromatic carbocycles. The number of methoxy groups -OCH3 is 4. The summed E-state index contributed by atoms with van der Waals surface area (Å²) in [6.45, 7) is 6.20. The molecule has 7 rings (SSSR count). The van der Waals surface area contributed by atoms with Crippen molar-refractivity contribution in [3.8, 4) is 34.6 Å². The number of aromatic nitrogens is 2. The van der Waals surface area contributed by atoms with Crippen LogP contribution in [0.25, 0.3) is 21.8 Å². The molecular formula is C34H38N2O8. The highest BCUT2D eigenvalue weighted by atomic mass is 16.5. The first-order chi connectivity index (χ1) is 20.9. The molecule has 0 radical (unpaired) electrons. The molecule has 1 saturated carbocycles. The van der Waals surface area contributed by atoms with E-state index in [0.29, 0.717) is 75.0 Å². The van der Waals surface area contributed by atoms with Crippen LogP contribution in [0.3, 0.4) is 0 Å². The molecule has 2 bridgehead atoms. The van der Waals surface area contributed by atoms with Crippen molar-refractivity contribution in [3.63, 3.8) is 0 Å². The van der Waals surface area contributed by atoms with E-state index in [0.717, 1.165) is 5.39 Å². The average molecular weight is 603 g/mol. The van der Waals surface area contributed by atoms with Crippen LogP contribution in [0.15, 0.2) is 33.9 Å². The van der Waals surface area contributed by atoms with Gasteiger partial charge in [-0.1, -0.05) is 0 Å². The van der Waals surface area contributed by atoms with Crippen LogP contribution in [0, 0.1) is 5.92 Å². The van der Waals surface area contributed by atoms with Crippen molar-refractivity contribution >= 4 is 21.8 Å². The number of nitrogens with zero attached hydrogens (tertiary/aromatic N) is 2. The highest BCUT2D eigenvalue weighted by Crippen LogP contribution is 2.62. The molecule has 10 heteroatoms. The normalized spacial score (nSPS) is 24.4. The van der Waals surface area contributed by atoms with Gasteiger partial charge in [0.1, 0.15) is 28.0 Å². The second-order valence-corrected chi connectivity index (χ2v) is 13.0. The van der Waals surface area contributed by atoms with E-state index in [-0.39, 0.29) is 28.7 Å². The van der Waals surface area contributed by atoms with E-state index in [1.165, 1.54) is 0 Å². The molecule has 232 valence electrons. The third-order valence-corrected chi connectivity index (χ3v) is 10.2. The lowest BCUT2D eigenvalue weighted by atomic mass is 9.56.